The highest BCUT2D eigenvalue weighted by Crippen LogP contribution is 2.29. The van der Waals surface area contributed by atoms with Gasteiger partial charge in [-0.2, -0.15) is 5.26 Å². The van der Waals surface area contributed by atoms with Crippen LogP contribution in [-0.4, -0.2) is 43.1 Å². The molecule has 1 heterocycles. The molecule has 7 nitrogen and oxygen atoms in total. The Hall–Kier alpha value is -3.53. The largest absolute Gasteiger partial charge is 0.490 e. The number of amides is 1. The molecule has 1 aliphatic rings. The summed E-state index contributed by atoms with van der Waals surface area (Å²) in [7, 11) is 0. The molecule has 7 heteroatoms. The fourth-order valence-corrected chi connectivity index (χ4v) is 3.36. The molecule has 0 aliphatic carbocycles. The Kier molecular flexibility index (Phi) is 7.88. The molecule has 1 fully saturated rings. The molecule has 2 aromatic carbocycles. The van der Waals surface area contributed by atoms with E-state index < -0.39 is 5.97 Å². The van der Waals surface area contributed by atoms with Crippen molar-refractivity contribution in [3.8, 4) is 17.6 Å². The molecular formula is C24H26N2O5. The number of hydrogen-bond acceptors (Lipinski definition) is 6. The van der Waals surface area contributed by atoms with E-state index in [2.05, 4.69) is 6.07 Å². The van der Waals surface area contributed by atoms with Crippen molar-refractivity contribution in [2.75, 3.05) is 26.3 Å². The molecule has 0 aromatic heterocycles. The van der Waals surface area contributed by atoms with Crippen molar-refractivity contribution in [2.45, 2.75) is 32.8 Å². The maximum absolute atomic E-state index is 12.5. The second kappa shape index (κ2) is 11.0. The molecule has 0 bridgehead atoms. The van der Waals surface area contributed by atoms with Gasteiger partial charge in [-0.15, -0.1) is 0 Å². The van der Waals surface area contributed by atoms with Crippen LogP contribution < -0.4 is 9.47 Å². The van der Waals surface area contributed by atoms with E-state index in [1.807, 2.05) is 11.8 Å². The monoisotopic (exact) mass is 422 g/mol. The number of nitriles is 1. The first-order valence-corrected chi connectivity index (χ1v) is 10.4. The van der Waals surface area contributed by atoms with Gasteiger partial charge in [0.25, 0.3) is 5.91 Å². The van der Waals surface area contributed by atoms with Crippen LogP contribution in [0.15, 0.2) is 42.5 Å². The average molecular weight is 422 g/mol. The number of nitrogens with zero attached hydrogens (tertiary/aromatic N) is 2. The molecule has 0 unspecified atom stereocenters. The van der Waals surface area contributed by atoms with Gasteiger partial charge in [-0.25, -0.2) is 4.79 Å². The van der Waals surface area contributed by atoms with Crippen molar-refractivity contribution in [3.05, 3.63) is 59.2 Å². The number of carbonyl (C=O) groups is 2. The molecule has 0 radical (unpaired) electrons. The Morgan fingerprint density at radius 2 is 1.84 bits per heavy atom. The smallest absolute Gasteiger partial charge is 0.338 e. The first-order chi connectivity index (χ1) is 15.1. The van der Waals surface area contributed by atoms with E-state index in [9.17, 15) is 9.59 Å². The lowest BCUT2D eigenvalue weighted by atomic mass is 10.1. The number of esters is 1. The van der Waals surface area contributed by atoms with Gasteiger partial charge in [-0.05, 0) is 62.1 Å². The van der Waals surface area contributed by atoms with E-state index in [4.69, 9.17) is 19.5 Å². The SMILES string of the molecule is CCOc1cc(C(=O)OCc2cccc(C#N)c2)ccc1OCC(=O)N1CCCCC1. The normalized spacial score (nSPS) is 13.2. The molecule has 0 spiro atoms. The van der Waals surface area contributed by atoms with Gasteiger partial charge in [0.15, 0.2) is 18.1 Å². The summed E-state index contributed by atoms with van der Waals surface area (Å²) in [6.45, 7) is 3.73. The third-order valence-corrected chi connectivity index (χ3v) is 4.97. The van der Waals surface area contributed by atoms with E-state index in [-0.39, 0.29) is 19.1 Å². The van der Waals surface area contributed by atoms with Crippen LogP contribution >= 0.6 is 0 Å². The van der Waals surface area contributed by atoms with Gasteiger partial charge in [-0.1, -0.05) is 12.1 Å². The molecular weight excluding hydrogens is 396 g/mol. The third-order valence-electron chi connectivity index (χ3n) is 4.97. The Morgan fingerprint density at radius 1 is 1.03 bits per heavy atom. The first kappa shape index (κ1) is 22.2. The van der Waals surface area contributed by atoms with E-state index in [1.165, 1.54) is 0 Å². The van der Waals surface area contributed by atoms with Crippen LogP contribution in [0.25, 0.3) is 0 Å². The second-order valence-electron chi connectivity index (χ2n) is 7.21. The van der Waals surface area contributed by atoms with Crippen LogP contribution in [0.1, 0.15) is 47.7 Å². The van der Waals surface area contributed by atoms with Gasteiger partial charge in [0, 0.05) is 13.1 Å². The van der Waals surface area contributed by atoms with Crippen molar-refractivity contribution in [1.82, 2.24) is 4.90 Å². The van der Waals surface area contributed by atoms with Crippen LogP contribution in [0.4, 0.5) is 0 Å². The molecule has 162 valence electrons. The highest BCUT2D eigenvalue weighted by Gasteiger charge is 2.18. The standard InChI is InChI=1S/C24H26N2O5/c1-2-29-22-14-20(24(28)31-16-19-8-6-7-18(13-19)15-25)9-10-21(22)30-17-23(27)26-11-4-3-5-12-26/h6-10,13-14H,2-5,11-12,16-17H2,1H3. The zero-order chi connectivity index (χ0) is 22.1. The number of likely N-dealkylation sites (tertiary alicyclic amines) is 1. The Labute approximate surface area is 182 Å². The van der Waals surface area contributed by atoms with Gasteiger partial charge in [0.05, 0.1) is 23.8 Å². The molecule has 0 atom stereocenters. The lowest BCUT2D eigenvalue weighted by Crippen LogP contribution is -2.38. The fourth-order valence-electron chi connectivity index (χ4n) is 3.36. The Balaban J connectivity index is 1.62. The molecule has 31 heavy (non-hydrogen) atoms. The number of benzene rings is 2. The summed E-state index contributed by atoms with van der Waals surface area (Å²) in [6.07, 6.45) is 3.20. The Bertz CT molecular complexity index is 961. The predicted octanol–water partition coefficient (Wildman–Crippen LogP) is 3.71. The van der Waals surface area contributed by atoms with Crippen LogP contribution in [0.5, 0.6) is 11.5 Å². The van der Waals surface area contributed by atoms with Crippen LogP contribution in [-0.2, 0) is 16.1 Å². The quantitative estimate of drug-likeness (QED) is 0.603. The van der Waals surface area contributed by atoms with E-state index in [1.54, 1.807) is 42.5 Å². The highest BCUT2D eigenvalue weighted by atomic mass is 16.5. The van der Waals surface area contributed by atoms with Gasteiger partial charge in [0.1, 0.15) is 6.61 Å². The third kappa shape index (κ3) is 6.22. The Morgan fingerprint density at radius 3 is 2.58 bits per heavy atom. The maximum atomic E-state index is 12.5. The fraction of sp³-hybridized carbons (Fsp3) is 0.375. The van der Waals surface area contributed by atoms with Gasteiger partial charge in [-0.3, -0.25) is 4.79 Å². The summed E-state index contributed by atoms with van der Waals surface area (Å²) in [6, 6.07) is 13.7. The lowest BCUT2D eigenvalue weighted by Gasteiger charge is -2.26. The summed E-state index contributed by atoms with van der Waals surface area (Å²) < 4.78 is 16.7. The van der Waals surface area contributed by atoms with Gasteiger partial charge in [0.2, 0.25) is 0 Å². The molecule has 1 saturated heterocycles. The average Bonchev–Trinajstić information content (AvgIpc) is 2.82. The summed E-state index contributed by atoms with van der Waals surface area (Å²) in [5.41, 5.74) is 1.55. The molecule has 0 N–H and O–H groups in total. The van der Waals surface area contributed by atoms with Gasteiger partial charge >= 0.3 is 5.97 Å². The number of hydrogen-bond donors (Lipinski definition) is 0. The maximum Gasteiger partial charge on any atom is 0.338 e. The van der Waals surface area contributed by atoms with Crippen molar-refractivity contribution in [1.29, 1.82) is 5.26 Å². The van der Waals surface area contributed by atoms with Crippen molar-refractivity contribution in [2.24, 2.45) is 0 Å². The molecule has 0 saturated carbocycles. The number of ether oxygens (including phenoxy) is 3. The number of rotatable bonds is 8. The number of piperidine rings is 1. The molecule has 2 aromatic rings. The van der Waals surface area contributed by atoms with Crippen LogP contribution in [0, 0.1) is 11.3 Å². The molecule has 3 rings (SSSR count). The lowest BCUT2D eigenvalue weighted by molar-refractivity contribution is -0.134. The predicted molar refractivity (Wildman–Crippen MR) is 114 cm³/mol. The highest BCUT2D eigenvalue weighted by molar-refractivity contribution is 5.90. The summed E-state index contributed by atoms with van der Waals surface area (Å²) in [4.78, 5) is 26.6. The minimum absolute atomic E-state index is 0.0507. The van der Waals surface area contributed by atoms with Crippen molar-refractivity contribution < 1.29 is 23.8 Å². The minimum Gasteiger partial charge on any atom is -0.490 e. The molecule has 1 aliphatic heterocycles. The van der Waals surface area contributed by atoms with E-state index in [0.717, 1.165) is 37.9 Å². The zero-order valence-corrected chi connectivity index (χ0v) is 17.6. The van der Waals surface area contributed by atoms with Gasteiger partial charge < -0.3 is 19.1 Å². The second-order valence-corrected chi connectivity index (χ2v) is 7.21. The zero-order valence-electron chi connectivity index (χ0n) is 17.6. The topological polar surface area (TPSA) is 88.9 Å². The van der Waals surface area contributed by atoms with Crippen molar-refractivity contribution >= 4 is 11.9 Å². The number of carbonyl (C=O) groups excluding carboxylic acids is 2. The van der Waals surface area contributed by atoms with Crippen LogP contribution in [0.2, 0.25) is 0 Å². The van der Waals surface area contributed by atoms with Crippen LogP contribution in [0.3, 0.4) is 0 Å². The molecule has 1 amide bonds. The summed E-state index contributed by atoms with van der Waals surface area (Å²) in [5.74, 6) is 0.227. The van der Waals surface area contributed by atoms with E-state index >= 15 is 0 Å². The van der Waals surface area contributed by atoms with Crippen molar-refractivity contribution in [3.63, 3.8) is 0 Å². The first-order valence-electron chi connectivity index (χ1n) is 10.4. The summed E-state index contributed by atoms with van der Waals surface area (Å²) >= 11 is 0. The van der Waals surface area contributed by atoms with E-state index in [0.29, 0.717) is 29.2 Å². The minimum atomic E-state index is -0.515. The summed E-state index contributed by atoms with van der Waals surface area (Å²) in [5, 5.41) is 8.97.